The van der Waals surface area contributed by atoms with E-state index in [4.69, 9.17) is 10.5 Å². The van der Waals surface area contributed by atoms with Gasteiger partial charge >= 0.3 is 0 Å². The summed E-state index contributed by atoms with van der Waals surface area (Å²) in [5.41, 5.74) is 7.10. The molecule has 7 heteroatoms. The minimum absolute atomic E-state index is 0.218. The number of hydrogen-bond acceptors (Lipinski definition) is 5. The molecule has 1 aliphatic heterocycles. The quantitative estimate of drug-likeness (QED) is 0.887. The molecule has 0 spiro atoms. The Morgan fingerprint density at radius 1 is 1.55 bits per heavy atom. The number of rotatable bonds is 3. The number of fused-ring (bicyclic) bond motifs is 1. The maximum atomic E-state index is 13.2. The number of aryl methyl sites for hydroxylation is 1. The average Bonchev–Trinajstić information content (AvgIpc) is 2.89. The van der Waals surface area contributed by atoms with Gasteiger partial charge in [0, 0.05) is 30.3 Å². The second kappa shape index (κ2) is 5.59. The van der Waals surface area contributed by atoms with Crippen molar-refractivity contribution in [1.29, 1.82) is 0 Å². The van der Waals surface area contributed by atoms with E-state index >= 15 is 0 Å². The number of carbonyl (C=O) groups is 1. The number of hydrogen-bond donors (Lipinski definition) is 2. The Balaban J connectivity index is 1.62. The Hall–Kier alpha value is -2.70. The third-order valence-electron chi connectivity index (χ3n) is 3.46. The van der Waals surface area contributed by atoms with Crippen molar-refractivity contribution in [3.63, 3.8) is 0 Å². The van der Waals surface area contributed by atoms with Gasteiger partial charge in [-0.25, -0.2) is 14.4 Å². The number of nitrogen functional groups attached to an aromatic ring is 1. The molecule has 0 saturated carbocycles. The third-order valence-corrected chi connectivity index (χ3v) is 3.46. The van der Waals surface area contributed by atoms with E-state index in [1.54, 1.807) is 13.1 Å². The number of nitrogens with zero attached hydrogens (tertiary/aromatic N) is 2. The molecule has 0 radical (unpaired) electrons. The fraction of sp³-hybridized carbons (Fsp3) is 0.267. The topological polar surface area (TPSA) is 90.1 Å². The molecule has 22 heavy (non-hydrogen) atoms. The predicted octanol–water partition coefficient (Wildman–Crippen LogP) is 1.13. The molecule has 0 aliphatic carbocycles. The van der Waals surface area contributed by atoms with E-state index in [0.717, 1.165) is 0 Å². The van der Waals surface area contributed by atoms with Crippen molar-refractivity contribution in [3.05, 3.63) is 47.2 Å². The van der Waals surface area contributed by atoms with E-state index in [-0.39, 0.29) is 18.3 Å². The van der Waals surface area contributed by atoms with Crippen LogP contribution in [0.25, 0.3) is 0 Å². The van der Waals surface area contributed by atoms with Crippen LogP contribution in [-0.2, 0) is 17.8 Å². The third kappa shape index (κ3) is 2.83. The van der Waals surface area contributed by atoms with Gasteiger partial charge in [0.25, 0.3) is 5.91 Å². The first kappa shape index (κ1) is 14.2. The van der Waals surface area contributed by atoms with Gasteiger partial charge in [0.2, 0.25) is 0 Å². The number of aromatic nitrogens is 2. The molecule has 1 unspecified atom stereocenters. The van der Waals surface area contributed by atoms with Crippen molar-refractivity contribution in [2.24, 2.45) is 0 Å². The summed E-state index contributed by atoms with van der Waals surface area (Å²) >= 11 is 0. The molecule has 1 aromatic heterocycles. The largest absolute Gasteiger partial charge is 0.480 e. The second-order valence-corrected chi connectivity index (χ2v) is 5.11. The van der Waals surface area contributed by atoms with Gasteiger partial charge < -0.3 is 15.8 Å². The van der Waals surface area contributed by atoms with Crippen LogP contribution in [-0.4, -0.2) is 22.0 Å². The number of amides is 1. The number of nitrogens with one attached hydrogen (secondary N) is 1. The van der Waals surface area contributed by atoms with Crippen molar-refractivity contribution >= 4 is 11.7 Å². The van der Waals surface area contributed by atoms with Crippen molar-refractivity contribution in [2.45, 2.75) is 26.0 Å². The molecule has 0 bridgehead atoms. The Morgan fingerprint density at radius 3 is 3.14 bits per heavy atom. The average molecular weight is 302 g/mol. The van der Waals surface area contributed by atoms with Gasteiger partial charge in [0.15, 0.2) is 6.10 Å². The standard InChI is InChI=1S/C15H15FN4O2/c1-8-18-6-10(14(17)20-8)7-19-15(21)13-5-9-4-11(16)2-3-12(9)22-13/h2-4,6,13H,5,7H2,1H3,(H,19,21)(H2,17,18,20). The lowest BCUT2D eigenvalue weighted by Crippen LogP contribution is -2.37. The molecule has 1 aliphatic rings. The van der Waals surface area contributed by atoms with Crippen molar-refractivity contribution in [1.82, 2.24) is 15.3 Å². The van der Waals surface area contributed by atoms with E-state index < -0.39 is 6.10 Å². The van der Waals surface area contributed by atoms with Gasteiger partial charge in [0.1, 0.15) is 23.2 Å². The SMILES string of the molecule is Cc1ncc(CNC(=O)C2Cc3cc(F)ccc3O2)c(N)n1. The first-order chi connectivity index (χ1) is 10.5. The van der Waals surface area contributed by atoms with Gasteiger partial charge in [-0.05, 0) is 25.1 Å². The molecule has 3 rings (SSSR count). The molecule has 2 aromatic rings. The minimum Gasteiger partial charge on any atom is -0.480 e. The molecule has 0 saturated heterocycles. The normalized spacial score (nSPS) is 16.0. The van der Waals surface area contributed by atoms with Crippen LogP contribution in [0.5, 0.6) is 5.75 Å². The Labute approximate surface area is 126 Å². The number of halogens is 1. The van der Waals surface area contributed by atoms with E-state index in [1.807, 2.05) is 0 Å². The second-order valence-electron chi connectivity index (χ2n) is 5.11. The molecule has 1 atom stereocenters. The van der Waals surface area contributed by atoms with E-state index in [1.165, 1.54) is 18.2 Å². The maximum Gasteiger partial charge on any atom is 0.261 e. The summed E-state index contributed by atoms with van der Waals surface area (Å²) in [5.74, 6) is 0.832. The van der Waals surface area contributed by atoms with Crippen molar-refractivity contribution in [2.75, 3.05) is 5.73 Å². The van der Waals surface area contributed by atoms with Gasteiger partial charge in [-0.3, -0.25) is 4.79 Å². The number of benzene rings is 1. The number of nitrogens with two attached hydrogens (primary N) is 1. The highest BCUT2D eigenvalue weighted by Gasteiger charge is 2.29. The summed E-state index contributed by atoms with van der Waals surface area (Å²) in [6, 6.07) is 4.22. The molecule has 6 nitrogen and oxygen atoms in total. The Bertz CT molecular complexity index is 735. The zero-order valence-corrected chi connectivity index (χ0v) is 12.0. The Morgan fingerprint density at radius 2 is 2.36 bits per heavy atom. The summed E-state index contributed by atoms with van der Waals surface area (Å²) in [7, 11) is 0. The molecule has 1 amide bonds. The van der Waals surface area contributed by atoms with Crippen LogP contribution in [0.2, 0.25) is 0 Å². The molecular formula is C15H15FN4O2. The van der Waals surface area contributed by atoms with Gasteiger partial charge in [-0.15, -0.1) is 0 Å². The highest BCUT2D eigenvalue weighted by molar-refractivity contribution is 5.82. The van der Waals surface area contributed by atoms with Crippen LogP contribution in [0.3, 0.4) is 0 Å². The minimum atomic E-state index is -0.663. The molecule has 3 N–H and O–H groups in total. The molecule has 2 heterocycles. The first-order valence-electron chi connectivity index (χ1n) is 6.83. The monoisotopic (exact) mass is 302 g/mol. The van der Waals surface area contributed by atoms with Crippen LogP contribution in [0.4, 0.5) is 10.2 Å². The predicted molar refractivity (Wildman–Crippen MR) is 77.5 cm³/mol. The van der Waals surface area contributed by atoms with Gasteiger partial charge in [-0.2, -0.15) is 0 Å². The molecule has 0 fully saturated rings. The molecule has 1 aromatic carbocycles. The Kier molecular flexibility index (Phi) is 3.62. The van der Waals surface area contributed by atoms with Crippen LogP contribution in [0, 0.1) is 12.7 Å². The summed E-state index contributed by atoms with van der Waals surface area (Å²) in [6.07, 6.45) is 1.26. The summed E-state index contributed by atoms with van der Waals surface area (Å²) in [6.45, 7) is 1.96. The number of ether oxygens (including phenoxy) is 1. The lowest BCUT2D eigenvalue weighted by molar-refractivity contribution is -0.127. The number of carbonyl (C=O) groups excluding carboxylic acids is 1. The number of anilines is 1. The summed E-state index contributed by atoms with van der Waals surface area (Å²) < 4.78 is 18.7. The maximum absolute atomic E-state index is 13.2. The highest BCUT2D eigenvalue weighted by atomic mass is 19.1. The zero-order valence-electron chi connectivity index (χ0n) is 12.0. The van der Waals surface area contributed by atoms with Gasteiger partial charge in [0.05, 0.1) is 0 Å². The van der Waals surface area contributed by atoms with Crippen molar-refractivity contribution < 1.29 is 13.9 Å². The van der Waals surface area contributed by atoms with Crippen LogP contribution in [0.15, 0.2) is 24.4 Å². The van der Waals surface area contributed by atoms with Crippen LogP contribution >= 0.6 is 0 Å². The smallest absolute Gasteiger partial charge is 0.261 e. The van der Waals surface area contributed by atoms with Gasteiger partial charge in [-0.1, -0.05) is 0 Å². The highest BCUT2D eigenvalue weighted by Crippen LogP contribution is 2.29. The van der Waals surface area contributed by atoms with E-state index in [2.05, 4.69) is 15.3 Å². The first-order valence-corrected chi connectivity index (χ1v) is 6.83. The fourth-order valence-corrected chi connectivity index (χ4v) is 2.31. The van der Waals surface area contributed by atoms with E-state index in [0.29, 0.717) is 34.9 Å². The fourth-order valence-electron chi connectivity index (χ4n) is 2.31. The van der Waals surface area contributed by atoms with Crippen LogP contribution in [0.1, 0.15) is 17.0 Å². The summed E-state index contributed by atoms with van der Waals surface area (Å²) in [5, 5.41) is 2.73. The molecule has 114 valence electrons. The lowest BCUT2D eigenvalue weighted by atomic mass is 10.1. The van der Waals surface area contributed by atoms with Crippen LogP contribution < -0.4 is 15.8 Å². The zero-order chi connectivity index (χ0) is 15.7. The molecular weight excluding hydrogens is 287 g/mol. The van der Waals surface area contributed by atoms with E-state index in [9.17, 15) is 9.18 Å². The van der Waals surface area contributed by atoms with Crippen molar-refractivity contribution in [3.8, 4) is 5.75 Å². The summed E-state index contributed by atoms with van der Waals surface area (Å²) in [4.78, 5) is 20.2. The lowest BCUT2D eigenvalue weighted by Gasteiger charge is -2.12.